The minimum atomic E-state index is -0.0231. The van der Waals surface area contributed by atoms with Gasteiger partial charge in [-0.1, -0.05) is 12.1 Å². The van der Waals surface area contributed by atoms with E-state index in [0.29, 0.717) is 13.1 Å². The number of fused-ring (bicyclic) bond motifs is 2. The predicted octanol–water partition coefficient (Wildman–Crippen LogP) is 0.667. The van der Waals surface area contributed by atoms with E-state index < -0.39 is 0 Å². The van der Waals surface area contributed by atoms with Crippen LogP contribution in [0.4, 0.5) is 0 Å². The van der Waals surface area contributed by atoms with Crippen LogP contribution in [-0.4, -0.2) is 36.6 Å². The van der Waals surface area contributed by atoms with Crippen LogP contribution in [0.2, 0.25) is 0 Å². The summed E-state index contributed by atoms with van der Waals surface area (Å²) in [5, 5.41) is 0. The van der Waals surface area contributed by atoms with E-state index in [-0.39, 0.29) is 12.2 Å². The molecule has 1 aromatic carbocycles. The zero-order valence-electron chi connectivity index (χ0n) is 8.13. The molecule has 1 saturated heterocycles. The summed E-state index contributed by atoms with van der Waals surface area (Å²) in [5.41, 5.74) is 0. The Morgan fingerprint density at radius 3 is 2.13 bits per heavy atom. The van der Waals surface area contributed by atoms with Crippen LogP contribution < -0.4 is 9.47 Å². The smallest absolute Gasteiger partial charge is 0.209 e. The Hall–Kier alpha value is -1.71. The van der Waals surface area contributed by atoms with Crippen LogP contribution in [0.1, 0.15) is 0 Å². The van der Waals surface area contributed by atoms with E-state index in [1.54, 1.807) is 4.90 Å². The first-order valence-electron chi connectivity index (χ1n) is 4.98. The Balaban J connectivity index is 1.87. The number of amides is 1. The second-order valence-corrected chi connectivity index (χ2v) is 3.82. The van der Waals surface area contributed by atoms with Crippen LogP contribution in [0.5, 0.6) is 11.5 Å². The van der Waals surface area contributed by atoms with Crippen molar-refractivity contribution >= 4 is 6.41 Å². The average molecular weight is 205 g/mol. The van der Waals surface area contributed by atoms with Crippen LogP contribution >= 0.6 is 0 Å². The molecule has 15 heavy (non-hydrogen) atoms. The third-order valence-corrected chi connectivity index (χ3v) is 2.80. The van der Waals surface area contributed by atoms with Crippen molar-refractivity contribution in [1.29, 1.82) is 0 Å². The quantitative estimate of drug-likeness (QED) is 0.632. The fourth-order valence-corrected chi connectivity index (χ4v) is 2.06. The normalized spacial score (nSPS) is 27.3. The lowest BCUT2D eigenvalue weighted by Crippen LogP contribution is -2.38. The second kappa shape index (κ2) is 3.15. The highest BCUT2D eigenvalue weighted by molar-refractivity contribution is 5.49. The number of likely N-dealkylation sites (tertiary alicyclic amines) is 1. The largest absolute Gasteiger partial charge is 0.481 e. The van der Waals surface area contributed by atoms with Gasteiger partial charge >= 0.3 is 0 Å². The number of para-hydroxylation sites is 2. The summed E-state index contributed by atoms with van der Waals surface area (Å²) in [5.74, 6) is 1.54. The summed E-state index contributed by atoms with van der Waals surface area (Å²) >= 11 is 0. The van der Waals surface area contributed by atoms with E-state index >= 15 is 0 Å². The Labute approximate surface area is 87.4 Å². The third-order valence-electron chi connectivity index (χ3n) is 2.80. The molecular formula is C11H11NO3. The maximum atomic E-state index is 10.6. The molecule has 78 valence electrons. The van der Waals surface area contributed by atoms with E-state index in [2.05, 4.69) is 0 Å². The fourth-order valence-electron chi connectivity index (χ4n) is 2.06. The van der Waals surface area contributed by atoms with Crippen molar-refractivity contribution in [1.82, 2.24) is 4.90 Å². The Morgan fingerprint density at radius 2 is 1.67 bits per heavy atom. The lowest BCUT2D eigenvalue weighted by molar-refractivity contribution is -0.117. The molecule has 1 fully saturated rings. The molecular weight excluding hydrogens is 194 g/mol. The number of rotatable bonds is 1. The summed E-state index contributed by atoms with van der Waals surface area (Å²) in [6.07, 6.45) is 0.797. The molecule has 0 bridgehead atoms. The fraction of sp³-hybridized carbons (Fsp3) is 0.364. The Kier molecular flexibility index (Phi) is 1.80. The standard InChI is InChI=1S/C11H11NO3/c13-7-12-5-10-11(6-12)15-9-4-2-1-3-8(9)14-10/h1-4,7,10-11H,5-6H2/t10-,11-/m0/s1. The molecule has 2 atom stereocenters. The molecule has 3 rings (SSSR count). The topological polar surface area (TPSA) is 38.8 Å². The Bertz CT molecular complexity index is 360. The van der Waals surface area contributed by atoms with E-state index in [1.165, 1.54) is 0 Å². The molecule has 2 aliphatic heterocycles. The minimum absolute atomic E-state index is 0.0231. The number of nitrogens with zero attached hydrogens (tertiary/aromatic N) is 1. The van der Waals surface area contributed by atoms with Crippen LogP contribution in [0.25, 0.3) is 0 Å². The number of hydrogen-bond acceptors (Lipinski definition) is 3. The molecule has 0 unspecified atom stereocenters. The monoisotopic (exact) mass is 205 g/mol. The SMILES string of the molecule is O=CN1C[C@@H]2Oc3ccccc3O[C@H]2C1. The second-order valence-electron chi connectivity index (χ2n) is 3.82. The summed E-state index contributed by atoms with van der Waals surface area (Å²) in [7, 11) is 0. The lowest BCUT2D eigenvalue weighted by Gasteiger charge is -2.28. The van der Waals surface area contributed by atoms with Gasteiger partial charge in [-0.25, -0.2) is 0 Å². The molecule has 0 radical (unpaired) electrons. The van der Waals surface area contributed by atoms with Crippen molar-refractivity contribution < 1.29 is 14.3 Å². The van der Waals surface area contributed by atoms with Crippen LogP contribution in [0.3, 0.4) is 0 Å². The van der Waals surface area contributed by atoms with Crippen molar-refractivity contribution in [2.45, 2.75) is 12.2 Å². The minimum Gasteiger partial charge on any atom is -0.481 e. The lowest BCUT2D eigenvalue weighted by atomic mass is 10.2. The molecule has 0 N–H and O–H groups in total. The van der Waals surface area contributed by atoms with Gasteiger partial charge in [0.1, 0.15) is 0 Å². The molecule has 1 amide bonds. The Morgan fingerprint density at radius 1 is 1.13 bits per heavy atom. The van der Waals surface area contributed by atoms with Crippen LogP contribution in [0.15, 0.2) is 24.3 Å². The van der Waals surface area contributed by atoms with Crippen molar-refractivity contribution in [2.24, 2.45) is 0 Å². The third kappa shape index (κ3) is 1.33. The van der Waals surface area contributed by atoms with Gasteiger partial charge in [0, 0.05) is 0 Å². The van der Waals surface area contributed by atoms with Gasteiger partial charge in [-0.3, -0.25) is 4.79 Å². The molecule has 2 aliphatic rings. The van der Waals surface area contributed by atoms with Gasteiger partial charge in [0.15, 0.2) is 23.7 Å². The molecule has 4 heteroatoms. The van der Waals surface area contributed by atoms with E-state index in [1.807, 2.05) is 24.3 Å². The first kappa shape index (κ1) is 8.59. The molecule has 0 spiro atoms. The highest BCUT2D eigenvalue weighted by Gasteiger charge is 2.39. The summed E-state index contributed by atoms with van der Waals surface area (Å²) in [6.45, 7) is 1.23. The average Bonchev–Trinajstić information content (AvgIpc) is 2.67. The van der Waals surface area contributed by atoms with E-state index in [9.17, 15) is 4.79 Å². The van der Waals surface area contributed by atoms with Gasteiger partial charge in [0.25, 0.3) is 0 Å². The highest BCUT2D eigenvalue weighted by atomic mass is 16.6. The van der Waals surface area contributed by atoms with Crippen molar-refractivity contribution in [2.75, 3.05) is 13.1 Å². The van der Waals surface area contributed by atoms with Gasteiger partial charge in [-0.2, -0.15) is 0 Å². The number of hydrogen-bond donors (Lipinski definition) is 0. The molecule has 0 aliphatic carbocycles. The number of ether oxygens (including phenoxy) is 2. The summed E-state index contributed by atoms with van der Waals surface area (Å²) < 4.78 is 11.5. The van der Waals surface area contributed by atoms with Crippen LogP contribution in [-0.2, 0) is 4.79 Å². The zero-order valence-corrected chi connectivity index (χ0v) is 8.13. The maximum Gasteiger partial charge on any atom is 0.209 e. The van der Waals surface area contributed by atoms with Crippen molar-refractivity contribution in [3.8, 4) is 11.5 Å². The van der Waals surface area contributed by atoms with Crippen LogP contribution in [0, 0.1) is 0 Å². The highest BCUT2D eigenvalue weighted by Crippen LogP contribution is 2.35. The van der Waals surface area contributed by atoms with Gasteiger partial charge in [0.05, 0.1) is 13.1 Å². The van der Waals surface area contributed by atoms with Gasteiger partial charge in [0.2, 0.25) is 6.41 Å². The predicted molar refractivity (Wildman–Crippen MR) is 52.9 cm³/mol. The van der Waals surface area contributed by atoms with E-state index in [0.717, 1.165) is 17.9 Å². The van der Waals surface area contributed by atoms with Crippen molar-refractivity contribution in [3.05, 3.63) is 24.3 Å². The van der Waals surface area contributed by atoms with Gasteiger partial charge in [-0.05, 0) is 12.1 Å². The van der Waals surface area contributed by atoms with E-state index in [4.69, 9.17) is 9.47 Å². The zero-order chi connectivity index (χ0) is 10.3. The molecule has 4 nitrogen and oxygen atoms in total. The van der Waals surface area contributed by atoms with Crippen molar-refractivity contribution in [3.63, 3.8) is 0 Å². The number of carbonyl (C=O) groups excluding carboxylic acids is 1. The number of benzene rings is 1. The van der Waals surface area contributed by atoms with Gasteiger partial charge in [-0.15, -0.1) is 0 Å². The molecule has 1 aromatic rings. The molecule has 0 aromatic heterocycles. The first-order valence-corrected chi connectivity index (χ1v) is 4.98. The summed E-state index contributed by atoms with van der Waals surface area (Å²) in [6, 6.07) is 7.59. The molecule has 0 saturated carbocycles. The number of carbonyl (C=O) groups is 1. The van der Waals surface area contributed by atoms with Gasteiger partial charge < -0.3 is 14.4 Å². The molecule has 2 heterocycles. The maximum absolute atomic E-state index is 10.6. The first-order chi connectivity index (χ1) is 7.36. The summed E-state index contributed by atoms with van der Waals surface area (Å²) in [4.78, 5) is 12.3.